The van der Waals surface area contributed by atoms with Gasteiger partial charge in [0.05, 0.1) is 17.5 Å². The summed E-state index contributed by atoms with van der Waals surface area (Å²) in [4.78, 5) is 13.7. The summed E-state index contributed by atoms with van der Waals surface area (Å²) in [6.45, 7) is -0.268. The summed E-state index contributed by atoms with van der Waals surface area (Å²) < 4.78 is 0.512. The highest BCUT2D eigenvalue weighted by atomic mass is 79.9. The van der Waals surface area contributed by atoms with Crippen LogP contribution in [0.2, 0.25) is 0 Å². The highest BCUT2D eigenvalue weighted by Crippen LogP contribution is 2.32. The predicted molar refractivity (Wildman–Crippen MR) is 64.9 cm³/mol. The number of carbonyl (C=O) groups is 1. The predicted octanol–water partition coefficient (Wildman–Crippen LogP) is 1.76. The van der Waals surface area contributed by atoms with E-state index in [4.69, 9.17) is 5.11 Å². The minimum absolute atomic E-state index is 0.0348. The molecule has 1 aromatic heterocycles. The molecule has 0 aliphatic carbocycles. The molecule has 1 aromatic carbocycles. The van der Waals surface area contributed by atoms with Crippen molar-refractivity contribution in [1.29, 1.82) is 0 Å². The van der Waals surface area contributed by atoms with Gasteiger partial charge in [-0.15, -0.1) is 0 Å². The molecule has 5 nitrogen and oxygen atoms in total. The van der Waals surface area contributed by atoms with Crippen LogP contribution in [0.4, 0.5) is 0 Å². The van der Waals surface area contributed by atoms with Crippen molar-refractivity contribution in [2.45, 2.75) is 13.0 Å². The zero-order valence-electron chi connectivity index (χ0n) is 8.70. The molecule has 4 N–H and O–H groups in total. The normalized spacial score (nSPS) is 10.9. The van der Waals surface area contributed by atoms with Crippen LogP contribution in [0.15, 0.2) is 16.6 Å². The summed E-state index contributed by atoms with van der Waals surface area (Å²) >= 11 is 3.17. The van der Waals surface area contributed by atoms with Gasteiger partial charge in [0.25, 0.3) is 0 Å². The maximum Gasteiger partial charge on any atom is 0.307 e. The summed E-state index contributed by atoms with van der Waals surface area (Å²) in [5, 5.41) is 28.2. The number of carboxylic acids is 1. The lowest BCUT2D eigenvalue weighted by Crippen LogP contribution is -2.02. The van der Waals surface area contributed by atoms with Crippen molar-refractivity contribution in [2.75, 3.05) is 0 Å². The largest absolute Gasteiger partial charge is 0.507 e. The van der Waals surface area contributed by atoms with Crippen molar-refractivity contribution >= 4 is 32.8 Å². The molecular formula is C11H10BrNO4. The van der Waals surface area contributed by atoms with Gasteiger partial charge < -0.3 is 20.3 Å². The molecule has 0 amide bonds. The Morgan fingerprint density at radius 2 is 2.12 bits per heavy atom. The Labute approximate surface area is 105 Å². The molecule has 0 radical (unpaired) electrons. The molecular weight excluding hydrogens is 290 g/mol. The molecule has 0 unspecified atom stereocenters. The zero-order chi connectivity index (χ0) is 12.6. The number of aromatic nitrogens is 1. The van der Waals surface area contributed by atoms with Gasteiger partial charge in [0, 0.05) is 16.6 Å². The molecule has 17 heavy (non-hydrogen) atoms. The summed E-state index contributed by atoms with van der Waals surface area (Å²) in [5.74, 6) is -0.948. The van der Waals surface area contributed by atoms with Crippen molar-refractivity contribution in [3.05, 3.63) is 27.9 Å². The monoisotopic (exact) mass is 299 g/mol. The van der Waals surface area contributed by atoms with Crippen LogP contribution in [0.5, 0.6) is 5.75 Å². The fourth-order valence-electron chi connectivity index (χ4n) is 1.80. The van der Waals surface area contributed by atoms with Crippen LogP contribution in [-0.4, -0.2) is 26.3 Å². The number of aliphatic hydroxyl groups is 1. The zero-order valence-corrected chi connectivity index (χ0v) is 10.3. The van der Waals surface area contributed by atoms with E-state index in [1.807, 2.05) is 0 Å². The Bertz CT molecular complexity index is 591. The van der Waals surface area contributed by atoms with E-state index in [-0.39, 0.29) is 18.8 Å². The van der Waals surface area contributed by atoms with E-state index in [2.05, 4.69) is 20.9 Å². The molecule has 0 aliphatic heterocycles. The lowest BCUT2D eigenvalue weighted by Gasteiger charge is -2.00. The van der Waals surface area contributed by atoms with E-state index in [0.29, 0.717) is 26.6 Å². The number of carboxylic acid groups (broad SMARTS) is 1. The van der Waals surface area contributed by atoms with Crippen LogP contribution in [0.1, 0.15) is 11.3 Å². The number of fused-ring (bicyclic) bond motifs is 1. The Kier molecular flexibility index (Phi) is 3.08. The molecule has 2 rings (SSSR count). The fourth-order valence-corrected chi connectivity index (χ4v) is 2.15. The number of hydrogen-bond acceptors (Lipinski definition) is 3. The highest BCUT2D eigenvalue weighted by Gasteiger charge is 2.15. The average molecular weight is 300 g/mol. The minimum atomic E-state index is -0.983. The van der Waals surface area contributed by atoms with Gasteiger partial charge >= 0.3 is 5.97 Å². The highest BCUT2D eigenvalue weighted by molar-refractivity contribution is 9.10. The molecule has 1 heterocycles. The van der Waals surface area contributed by atoms with Crippen molar-refractivity contribution in [3.8, 4) is 5.75 Å². The molecule has 0 fully saturated rings. The molecule has 0 saturated heterocycles. The number of rotatable bonds is 3. The van der Waals surface area contributed by atoms with Gasteiger partial charge in [-0.3, -0.25) is 4.79 Å². The van der Waals surface area contributed by atoms with Crippen molar-refractivity contribution in [3.63, 3.8) is 0 Å². The third-order valence-electron chi connectivity index (χ3n) is 2.55. The van der Waals surface area contributed by atoms with Crippen molar-refractivity contribution < 1.29 is 20.1 Å². The number of aromatic hydroxyl groups is 1. The molecule has 0 bridgehead atoms. The quantitative estimate of drug-likeness (QED) is 0.695. The van der Waals surface area contributed by atoms with Gasteiger partial charge in [0.2, 0.25) is 0 Å². The summed E-state index contributed by atoms with van der Waals surface area (Å²) in [6, 6.07) is 3.13. The smallest absolute Gasteiger partial charge is 0.307 e. The SMILES string of the molecule is O=C(O)Cc1c(CO)[nH]c2cc(Br)c(O)cc12. The number of H-pyrrole nitrogens is 1. The van der Waals surface area contributed by atoms with E-state index in [9.17, 15) is 15.0 Å². The Morgan fingerprint density at radius 1 is 1.41 bits per heavy atom. The summed E-state index contributed by atoms with van der Waals surface area (Å²) in [7, 11) is 0. The molecule has 2 aromatic rings. The first kappa shape index (κ1) is 11.9. The van der Waals surface area contributed by atoms with Crippen LogP contribution < -0.4 is 0 Å². The van der Waals surface area contributed by atoms with E-state index >= 15 is 0 Å². The first-order chi connectivity index (χ1) is 8.02. The van der Waals surface area contributed by atoms with Crippen molar-refractivity contribution in [1.82, 2.24) is 4.98 Å². The second-order valence-corrected chi connectivity index (χ2v) is 4.51. The third-order valence-corrected chi connectivity index (χ3v) is 3.18. The number of hydrogen-bond donors (Lipinski definition) is 4. The first-order valence-corrected chi connectivity index (χ1v) is 5.66. The Hall–Kier alpha value is -1.53. The maximum atomic E-state index is 10.8. The van der Waals surface area contributed by atoms with Crippen LogP contribution in [0.3, 0.4) is 0 Å². The number of aliphatic carboxylic acids is 1. The first-order valence-electron chi connectivity index (χ1n) is 4.87. The number of phenolic OH excluding ortho intramolecular Hbond substituents is 1. The van der Waals surface area contributed by atoms with E-state index in [1.165, 1.54) is 6.07 Å². The summed E-state index contributed by atoms with van der Waals surface area (Å²) in [6.07, 6.45) is -0.197. The topological polar surface area (TPSA) is 93.5 Å². The van der Waals surface area contributed by atoms with Crippen LogP contribution in [-0.2, 0) is 17.8 Å². The number of benzene rings is 1. The van der Waals surface area contributed by atoms with E-state index in [0.717, 1.165) is 0 Å². The molecule has 0 atom stereocenters. The van der Waals surface area contributed by atoms with Gasteiger partial charge in [-0.1, -0.05) is 0 Å². The van der Waals surface area contributed by atoms with Gasteiger partial charge in [-0.2, -0.15) is 0 Å². The maximum absolute atomic E-state index is 10.8. The minimum Gasteiger partial charge on any atom is -0.507 e. The van der Waals surface area contributed by atoms with Gasteiger partial charge in [0.1, 0.15) is 5.75 Å². The van der Waals surface area contributed by atoms with Crippen LogP contribution >= 0.6 is 15.9 Å². The van der Waals surface area contributed by atoms with Gasteiger partial charge in [0.15, 0.2) is 0 Å². The molecule has 90 valence electrons. The van der Waals surface area contributed by atoms with Crippen molar-refractivity contribution in [2.24, 2.45) is 0 Å². The van der Waals surface area contributed by atoms with Gasteiger partial charge in [-0.25, -0.2) is 0 Å². The Morgan fingerprint density at radius 3 is 2.71 bits per heavy atom. The molecule has 0 aliphatic rings. The second kappa shape index (κ2) is 4.38. The standard InChI is InChI=1S/C11H10BrNO4/c12-7-3-8-5(1-10(7)15)6(2-11(16)17)9(4-14)13-8/h1,3,13-15H,2,4H2,(H,16,17). The lowest BCUT2D eigenvalue weighted by atomic mass is 10.1. The second-order valence-electron chi connectivity index (χ2n) is 3.66. The van der Waals surface area contributed by atoms with E-state index in [1.54, 1.807) is 6.07 Å². The number of phenols is 1. The number of aliphatic hydroxyl groups excluding tert-OH is 1. The lowest BCUT2D eigenvalue weighted by molar-refractivity contribution is -0.136. The third kappa shape index (κ3) is 2.13. The van der Waals surface area contributed by atoms with Crippen LogP contribution in [0.25, 0.3) is 10.9 Å². The fraction of sp³-hybridized carbons (Fsp3) is 0.182. The number of aromatic amines is 1. The molecule has 0 saturated carbocycles. The van der Waals surface area contributed by atoms with Crippen LogP contribution in [0, 0.1) is 0 Å². The van der Waals surface area contributed by atoms with Gasteiger partial charge in [-0.05, 0) is 33.6 Å². The van der Waals surface area contributed by atoms with E-state index < -0.39 is 5.97 Å². The molecule has 0 spiro atoms. The number of nitrogens with one attached hydrogen (secondary N) is 1. The average Bonchev–Trinajstić information content (AvgIpc) is 2.57. The Balaban J connectivity index is 2.69. The number of halogens is 1. The molecule has 6 heteroatoms. The summed E-state index contributed by atoms with van der Waals surface area (Å²) in [5.41, 5.74) is 1.63.